The van der Waals surface area contributed by atoms with Crippen molar-refractivity contribution in [3.63, 3.8) is 0 Å². The van der Waals surface area contributed by atoms with E-state index in [2.05, 4.69) is 45.2 Å². The van der Waals surface area contributed by atoms with Gasteiger partial charge in [0, 0.05) is 10.0 Å². The highest BCUT2D eigenvalue weighted by atomic mass is 79.9. The first-order valence-electron chi connectivity index (χ1n) is 4.31. The molecule has 0 radical (unpaired) electrons. The van der Waals surface area contributed by atoms with Crippen molar-refractivity contribution in [2.75, 3.05) is 0 Å². The molecular weight excluding hydrogens is 240 g/mol. The van der Waals surface area contributed by atoms with Gasteiger partial charge in [0.1, 0.15) is 0 Å². The molecule has 0 N–H and O–H groups in total. The van der Waals surface area contributed by atoms with Crippen molar-refractivity contribution < 1.29 is 0 Å². The maximum absolute atomic E-state index is 4.06. The molecule has 1 heterocycles. The summed E-state index contributed by atoms with van der Waals surface area (Å²) in [4.78, 5) is 0. The number of halogens is 1. The lowest BCUT2D eigenvalue weighted by molar-refractivity contribution is 1.03. The first-order valence-corrected chi connectivity index (χ1v) is 5.10. The van der Waals surface area contributed by atoms with Crippen LogP contribution in [-0.4, -0.2) is 10.2 Å². The highest BCUT2D eigenvalue weighted by Crippen LogP contribution is 2.19. The summed E-state index contributed by atoms with van der Waals surface area (Å²) in [5.74, 6) is 0. The second-order valence-corrected chi connectivity index (χ2v) is 4.04. The van der Waals surface area contributed by atoms with Crippen molar-refractivity contribution in [3.05, 3.63) is 46.6 Å². The van der Waals surface area contributed by atoms with E-state index in [9.17, 15) is 0 Å². The molecule has 14 heavy (non-hydrogen) atoms. The number of aryl methyl sites for hydroxylation is 1. The lowest BCUT2D eigenvalue weighted by Crippen LogP contribution is -1.86. The fourth-order valence-electron chi connectivity index (χ4n) is 1.21. The SMILES string of the molecule is Cc1ccc(-c2cc(Br)cnn2)cc1. The number of benzene rings is 1. The summed E-state index contributed by atoms with van der Waals surface area (Å²) >= 11 is 3.37. The Morgan fingerprint density at radius 2 is 1.86 bits per heavy atom. The zero-order valence-electron chi connectivity index (χ0n) is 7.74. The van der Waals surface area contributed by atoms with Crippen molar-refractivity contribution in [3.8, 4) is 11.3 Å². The molecule has 3 heteroatoms. The smallest absolute Gasteiger partial charge is 0.0940 e. The Balaban J connectivity index is 2.44. The normalized spacial score (nSPS) is 10.1. The molecule has 0 fully saturated rings. The fourth-order valence-corrected chi connectivity index (χ4v) is 1.52. The van der Waals surface area contributed by atoms with Crippen LogP contribution in [0.25, 0.3) is 11.3 Å². The van der Waals surface area contributed by atoms with Crippen LogP contribution in [0.3, 0.4) is 0 Å². The Labute approximate surface area is 91.1 Å². The number of rotatable bonds is 1. The van der Waals surface area contributed by atoms with Gasteiger partial charge in [0.2, 0.25) is 0 Å². The van der Waals surface area contributed by atoms with Gasteiger partial charge in [-0.2, -0.15) is 10.2 Å². The van der Waals surface area contributed by atoms with Gasteiger partial charge in [-0.3, -0.25) is 0 Å². The van der Waals surface area contributed by atoms with Crippen LogP contribution in [0.5, 0.6) is 0 Å². The molecule has 2 aromatic rings. The summed E-state index contributed by atoms with van der Waals surface area (Å²) in [5, 5.41) is 7.95. The summed E-state index contributed by atoms with van der Waals surface area (Å²) in [6, 6.07) is 10.2. The molecule has 0 saturated carbocycles. The Bertz CT molecular complexity index is 437. The number of nitrogens with zero attached hydrogens (tertiary/aromatic N) is 2. The molecule has 2 nitrogen and oxygen atoms in total. The van der Waals surface area contributed by atoms with Gasteiger partial charge in [-0.1, -0.05) is 29.8 Å². The Hall–Kier alpha value is -1.22. The van der Waals surface area contributed by atoms with E-state index in [1.807, 2.05) is 18.2 Å². The molecule has 1 aromatic heterocycles. The second kappa shape index (κ2) is 3.88. The molecule has 2 rings (SSSR count). The van der Waals surface area contributed by atoms with E-state index in [1.165, 1.54) is 5.56 Å². The minimum absolute atomic E-state index is 0.888. The van der Waals surface area contributed by atoms with E-state index >= 15 is 0 Å². The third kappa shape index (κ3) is 1.99. The summed E-state index contributed by atoms with van der Waals surface area (Å²) in [7, 11) is 0. The molecule has 0 aliphatic heterocycles. The zero-order chi connectivity index (χ0) is 9.97. The lowest BCUT2D eigenvalue weighted by atomic mass is 10.1. The molecule has 0 spiro atoms. The van der Waals surface area contributed by atoms with Crippen molar-refractivity contribution >= 4 is 15.9 Å². The molecule has 0 saturated heterocycles. The third-order valence-electron chi connectivity index (χ3n) is 1.97. The lowest BCUT2D eigenvalue weighted by Gasteiger charge is -2.00. The average Bonchev–Trinajstić information content (AvgIpc) is 2.19. The number of aromatic nitrogens is 2. The standard InChI is InChI=1S/C11H9BrN2/c1-8-2-4-9(5-3-8)11-6-10(12)7-13-14-11/h2-7H,1H3. The van der Waals surface area contributed by atoms with Crippen LogP contribution in [0.4, 0.5) is 0 Å². The van der Waals surface area contributed by atoms with Gasteiger partial charge in [0.25, 0.3) is 0 Å². The predicted octanol–water partition coefficient (Wildman–Crippen LogP) is 3.21. The number of hydrogen-bond acceptors (Lipinski definition) is 2. The Morgan fingerprint density at radius 1 is 1.14 bits per heavy atom. The van der Waals surface area contributed by atoms with Gasteiger partial charge < -0.3 is 0 Å². The summed E-state index contributed by atoms with van der Waals surface area (Å²) in [6.07, 6.45) is 1.68. The Morgan fingerprint density at radius 3 is 2.50 bits per heavy atom. The van der Waals surface area contributed by atoms with Crippen LogP contribution >= 0.6 is 15.9 Å². The molecule has 0 amide bonds. The van der Waals surface area contributed by atoms with Gasteiger partial charge in [-0.05, 0) is 28.9 Å². The molecule has 0 atom stereocenters. The minimum Gasteiger partial charge on any atom is -0.157 e. The highest BCUT2D eigenvalue weighted by molar-refractivity contribution is 9.10. The first-order chi connectivity index (χ1) is 6.75. The second-order valence-electron chi connectivity index (χ2n) is 3.13. The van der Waals surface area contributed by atoms with Crippen LogP contribution in [0.15, 0.2) is 41.0 Å². The van der Waals surface area contributed by atoms with Gasteiger partial charge in [-0.25, -0.2) is 0 Å². The molecule has 0 unspecified atom stereocenters. The summed E-state index contributed by atoms with van der Waals surface area (Å²) < 4.78 is 0.947. The van der Waals surface area contributed by atoms with Crippen LogP contribution < -0.4 is 0 Å². The minimum atomic E-state index is 0.888. The molecule has 0 aliphatic rings. The summed E-state index contributed by atoms with van der Waals surface area (Å²) in [5.41, 5.74) is 3.22. The predicted molar refractivity (Wildman–Crippen MR) is 59.9 cm³/mol. The van der Waals surface area contributed by atoms with E-state index in [0.29, 0.717) is 0 Å². The van der Waals surface area contributed by atoms with Crippen molar-refractivity contribution in [1.82, 2.24) is 10.2 Å². The van der Waals surface area contributed by atoms with Crippen molar-refractivity contribution in [2.24, 2.45) is 0 Å². The van der Waals surface area contributed by atoms with E-state index in [4.69, 9.17) is 0 Å². The van der Waals surface area contributed by atoms with Crippen LogP contribution in [0, 0.1) is 6.92 Å². The zero-order valence-corrected chi connectivity index (χ0v) is 9.32. The van der Waals surface area contributed by atoms with Crippen LogP contribution in [0.2, 0.25) is 0 Å². The van der Waals surface area contributed by atoms with Crippen LogP contribution in [0.1, 0.15) is 5.56 Å². The quantitative estimate of drug-likeness (QED) is 0.775. The fraction of sp³-hybridized carbons (Fsp3) is 0.0909. The van der Waals surface area contributed by atoms with Crippen LogP contribution in [-0.2, 0) is 0 Å². The van der Waals surface area contributed by atoms with Gasteiger partial charge in [0.15, 0.2) is 0 Å². The average molecular weight is 249 g/mol. The van der Waals surface area contributed by atoms with Crippen molar-refractivity contribution in [2.45, 2.75) is 6.92 Å². The highest BCUT2D eigenvalue weighted by Gasteiger charge is 1.99. The third-order valence-corrected chi connectivity index (χ3v) is 2.40. The van der Waals surface area contributed by atoms with E-state index in [1.54, 1.807) is 6.20 Å². The summed E-state index contributed by atoms with van der Waals surface area (Å²) in [6.45, 7) is 2.07. The molecular formula is C11H9BrN2. The van der Waals surface area contributed by atoms with E-state index in [0.717, 1.165) is 15.7 Å². The Kier molecular flexibility index (Phi) is 2.59. The van der Waals surface area contributed by atoms with Gasteiger partial charge >= 0.3 is 0 Å². The number of hydrogen-bond donors (Lipinski definition) is 0. The molecule has 0 bridgehead atoms. The van der Waals surface area contributed by atoms with E-state index in [-0.39, 0.29) is 0 Å². The maximum Gasteiger partial charge on any atom is 0.0940 e. The molecule has 1 aromatic carbocycles. The topological polar surface area (TPSA) is 25.8 Å². The first kappa shape index (κ1) is 9.34. The largest absolute Gasteiger partial charge is 0.157 e. The maximum atomic E-state index is 4.06. The van der Waals surface area contributed by atoms with E-state index < -0.39 is 0 Å². The molecule has 70 valence electrons. The van der Waals surface area contributed by atoms with Crippen molar-refractivity contribution in [1.29, 1.82) is 0 Å². The monoisotopic (exact) mass is 248 g/mol. The van der Waals surface area contributed by atoms with Gasteiger partial charge in [0.05, 0.1) is 11.9 Å². The molecule has 0 aliphatic carbocycles. The van der Waals surface area contributed by atoms with Gasteiger partial charge in [-0.15, -0.1) is 0 Å².